The Labute approximate surface area is 170 Å². The fourth-order valence-corrected chi connectivity index (χ4v) is 8.71. The fourth-order valence-electron chi connectivity index (χ4n) is 8.71. The average Bonchev–Trinajstić information content (AvgIpc) is 3.00. The number of fused-ring (bicyclic) bond motifs is 5. The molecule has 0 aromatic carbocycles. The maximum absolute atomic E-state index is 11.5. The molecule has 4 aliphatic carbocycles. The third kappa shape index (κ3) is 3.05. The SMILES string of the molecule is C[C@@H](CCC(=O)O)[C@@H]1CC[C@@H]2[C@H]3CC[C@H]4C[C@@H](O)CC[C@@]4(C)[C@@H]3C[C@@H](O)[C@]21C. The van der Waals surface area contributed by atoms with E-state index in [-0.39, 0.29) is 29.5 Å². The molecule has 3 N–H and O–H groups in total. The van der Waals surface area contributed by atoms with E-state index in [2.05, 4.69) is 20.8 Å². The number of carbonyl (C=O) groups is 1. The van der Waals surface area contributed by atoms with Gasteiger partial charge in [0.05, 0.1) is 12.2 Å². The van der Waals surface area contributed by atoms with Crippen molar-refractivity contribution < 1.29 is 20.1 Å². The van der Waals surface area contributed by atoms with Crippen molar-refractivity contribution in [1.82, 2.24) is 0 Å². The van der Waals surface area contributed by atoms with Crippen molar-refractivity contribution in [3.05, 3.63) is 0 Å². The smallest absolute Gasteiger partial charge is 0.303 e. The van der Waals surface area contributed by atoms with Gasteiger partial charge in [0.25, 0.3) is 0 Å². The second-order valence-electron chi connectivity index (χ2n) is 11.3. The quantitative estimate of drug-likeness (QED) is 0.659. The third-order valence-corrected chi connectivity index (χ3v) is 10.3. The van der Waals surface area contributed by atoms with E-state index in [1.54, 1.807) is 0 Å². The number of aliphatic hydroxyl groups excluding tert-OH is 2. The molecule has 0 saturated heterocycles. The molecule has 0 aliphatic heterocycles. The van der Waals surface area contributed by atoms with Crippen LogP contribution in [0.15, 0.2) is 0 Å². The van der Waals surface area contributed by atoms with Gasteiger partial charge in [0.15, 0.2) is 0 Å². The number of aliphatic carboxylic acids is 1. The fraction of sp³-hybridized carbons (Fsp3) is 0.958. The van der Waals surface area contributed by atoms with E-state index in [9.17, 15) is 15.0 Å². The van der Waals surface area contributed by atoms with Crippen LogP contribution in [0.3, 0.4) is 0 Å². The maximum Gasteiger partial charge on any atom is 0.303 e. The van der Waals surface area contributed by atoms with E-state index in [4.69, 9.17) is 5.11 Å². The highest BCUT2D eigenvalue weighted by Gasteiger charge is 2.63. The van der Waals surface area contributed by atoms with Crippen LogP contribution in [0.25, 0.3) is 0 Å². The second kappa shape index (κ2) is 7.27. The van der Waals surface area contributed by atoms with Crippen LogP contribution in [0, 0.1) is 46.3 Å². The van der Waals surface area contributed by atoms with Crippen LogP contribution < -0.4 is 0 Å². The van der Waals surface area contributed by atoms with Crippen LogP contribution in [-0.4, -0.2) is 33.5 Å². The standard InChI is InChI=1S/C24H40O4/c1-14(4-9-22(27)28)18-7-8-19-17-6-5-15-12-16(25)10-11-23(15,2)20(17)13-21(26)24(18,19)3/h14-21,25-26H,4-13H2,1-3H3,(H,27,28)/t14-,15-,16-,17+,18-,19+,20+,21+,23+,24-/m0/s1. The zero-order valence-corrected chi connectivity index (χ0v) is 17.9. The number of hydrogen-bond acceptors (Lipinski definition) is 3. The number of carboxylic acid groups (broad SMARTS) is 1. The molecule has 4 aliphatic rings. The summed E-state index contributed by atoms with van der Waals surface area (Å²) < 4.78 is 0. The van der Waals surface area contributed by atoms with Gasteiger partial charge in [-0.2, -0.15) is 0 Å². The van der Waals surface area contributed by atoms with Crippen molar-refractivity contribution in [2.75, 3.05) is 0 Å². The molecule has 4 rings (SSSR count). The predicted molar refractivity (Wildman–Crippen MR) is 109 cm³/mol. The molecule has 4 fully saturated rings. The van der Waals surface area contributed by atoms with Gasteiger partial charge in [0, 0.05) is 6.42 Å². The predicted octanol–water partition coefficient (Wildman–Crippen LogP) is 4.48. The summed E-state index contributed by atoms with van der Waals surface area (Å²) in [6.07, 6.45) is 9.26. The lowest BCUT2D eigenvalue weighted by Crippen LogP contribution is -2.58. The summed E-state index contributed by atoms with van der Waals surface area (Å²) in [7, 11) is 0. The van der Waals surface area contributed by atoms with Crippen molar-refractivity contribution in [2.24, 2.45) is 46.3 Å². The molecule has 160 valence electrons. The number of aliphatic hydroxyl groups is 2. The van der Waals surface area contributed by atoms with Crippen LogP contribution in [0.1, 0.15) is 85.0 Å². The largest absolute Gasteiger partial charge is 0.481 e. The second-order valence-corrected chi connectivity index (χ2v) is 11.3. The molecule has 10 atom stereocenters. The Morgan fingerprint density at radius 1 is 1.04 bits per heavy atom. The number of hydrogen-bond donors (Lipinski definition) is 3. The zero-order valence-electron chi connectivity index (χ0n) is 17.9. The van der Waals surface area contributed by atoms with Crippen molar-refractivity contribution in [3.8, 4) is 0 Å². The first-order chi connectivity index (χ1) is 13.2. The summed E-state index contributed by atoms with van der Waals surface area (Å²) in [5.41, 5.74) is 0.216. The zero-order chi connectivity index (χ0) is 20.3. The lowest BCUT2D eigenvalue weighted by Gasteiger charge is -2.62. The molecule has 0 aromatic heterocycles. The molecular formula is C24H40O4. The topological polar surface area (TPSA) is 77.8 Å². The summed E-state index contributed by atoms with van der Waals surface area (Å²) in [6, 6.07) is 0. The molecule has 0 amide bonds. The molecule has 4 saturated carbocycles. The molecule has 0 aromatic rings. The molecule has 0 heterocycles. The van der Waals surface area contributed by atoms with Gasteiger partial charge in [0.2, 0.25) is 0 Å². The van der Waals surface area contributed by atoms with Crippen LogP contribution in [0.2, 0.25) is 0 Å². The Kier molecular flexibility index (Phi) is 5.36. The molecule has 4 nitrogen and oxygen atoms in total. The van der Waals surface area contributed by atoms with Crippen molar-refractivity contribution in [3.63, 3.8) is 0 Å². The van der Waals surface area contributed by atoms with Gasteiger partial charge in [-0.3, -0.25) is 4.79 Å². The first-order valence-corrected chi connectivity index (χ1v) is 11.8. The van der Waals surface area contributed by atoms with Crippen LogP contribution in [-0.2, 0) is 4.79 Å². The normalized spacial score (nSPS) is 51.7. The van der Waals surface area contributed by atoms with Gasteiger partial charge in [0.1, 0.15) is 0 Å². The Balaban J connectivity index is 1.56. The van der Waals surface area contributed by atoms with E-state index in [1.807, 2.05) is 0 Å². The van der Waals surface area contributed by atoms with Gasteiger partial charge in [-0.05, 0) is 104 Å². The van der Waals surface area contributed by atoms with E-state index >= 15 is 0 Å². The lowest BCUT2D eigenvalue weighted by molar-refractivity contribution is -0.175. The van der Waals surface area contributed by atoms with E-state index in [0.717, 1.165) is 38.5 Å². The summed E-state index contributed by atoms with van der Waals surface area (Å²) in [5, 5.41) is 30.8. The molecule has 4 heteroatoms. The van der Waals surface area contributed by atoms with E-state index < -0.39 is 5.97 Å². The third-order valence-electron chi connectivity index (χ3n) is 10.3. The Bertz CT molecular complexity index is 605. The highest BCUT2D eigenvalue weighted by Crippen LogP contribution is 2.68. The van der Waals surface area contributed by atoms with Crippen LogP contribution in [0.4, 0.5) is 0 Å². The highest BCUT2D eigenvalue weighted by atomic mass is 16.4. The van der Waals surface area contributed by atoms with E-state index in [1.165, 1.54) is 19.3 Å². The van der Waals surface area contributed by atoms with E-state index in [0.29, 0.717) is 35.5 Å². The first-order valence-electron chi connectivity index (χ1n) is 11.8. The monoisotopic (exact) mass is 392 g/mol. The van der Waals surface area contributed by atoms with Gasteiger partial charge < -0.3 is 15.3 Å². The van der Waals surface area contributed by atoms with Gasteiger partial charge in [-0.1, -0.05) is 20.8 Å². The van der Waals surface area contributed by atoms with Crippen LogP contribution in [0.5, 0.6) is 0 Å². The van der Waals surface area contributed by atoms with Crippen LogP contribution >= 0.6 is 0 Å². The maximum atomic E-state index is 11.5. The molecule has 0 spiro atoms. The summed E-state index contributed by atoms with van der Waals surface area (Å²) >= 11 is 0. The summed E-state index contributed by atoms with van der Waals surface area (Å²) in [4.78, 5) is 11.1. The minimum absolute atomic E-state index is 0.0591. The Morgan fingerprint density at radius 3 is 2.50 bits per heavy atom. The van der Waals surface area contributed by atoms with Crippen molar-refractivity contribution >= 4 is 5.97 Å². The Morgan fingerprint density at radius 2 is 1.79 bits per heavy atom. The number of rotatable bonds is 4. The molecule has 28 heavy (non-hydrogen) atoms. The number of carboxylic acids is 1. The van der Waals surface area contributed by atoms with Gasteiger partial charge in [-0.25, -0.2) is 0 Å². The highest BCUT2D eigenvalue weighted by molar-refractivity contribution is 5.66. The average molecular weight is 393 g/mol. The summed E-state index contributed by atoms with van der Waals surface area (Å²) in [6.45, 7) is 6.99. The molecule has 0 radical (unpaired) electrons. The summed E-state index contributed by atoms with van der Waals surface area (Å²) in [5.74, 6) is 2.55. The lowest BCUT2D eigenvalue weighted by atomic mass is 9.43. The van der Waals surface area contributed by atoms with Gasteiger partial charge >= 0.3 is 5.97 Å². The first kappa shape index (κ1) is 20.7. The molecular weight excluding hydrogens is 352 g/mol. The minimum Gasteiger partial charge on any atom is -0.481 e. The van der Waals surface area contributed by atoms with Gasteiger partial charge in [-0.15, -0.1) is 0 Å². The molecule has 0 unspecified atom stereocenters. The Hall–Kier alpha value is -0.610. The van der Waals surface area contributed by atoms with Crippen molar-refractivity contribution in [1.29, 1.82) is 0 Å². The van der Waals surface area contributed by atoms with Crippen molar-refractivity contribution in [2.45, 2.75) is 97.2 Å². The molecule has 0 bridgehead atoms. The minimum atomic E-state index is -0.707.